The molecule has 1 spiro atoms. The van der Waals surface area contributed by atoms with Gasteiger partial charge in [-0.15, -0.1) is 30.6 Å². The molecule has 1 saturated carbocycles. The Kier molecular flexibility index (Phi) is 19.1. The number of nitrogens with two attached hydrogens (primary N) is 3. The fraction of sp³-hybridized carbons (Fsp3) is 0.420. The Hall–Kier alpha value is -11.6. The lowest BCUT2D eigenvalue weighted by Gasteiger charge is -2.54. The Bertz CT molecular complexity index is 5270. The van der Waals surface area contributed by atoms with Gasteiger partial charge in [0, 0.05) is 174 Å². The number of likely N-dealkylation sites (tertiary alicyclic amines) is 2. The number of anilines is 9. The van der Waals surface area contributed by atoms with Gasteiger partial charge < -0.3 is 70.7 Å². The lowest BCUT2D eigenvalue weighted by molar-refractivity contribution is -0.116. The van der Waals surface area contributed by atoms with E-state index in [2.05, 4.69) is 170 Å². The van der Waals surface area contributed by atoms with E-state index in [9.17, 15) is 5.11 Å². The van der Waals surface area contributed by atoms with Crippen LogP contribution in [0, 0.1) is 47.4 Å². The molecular weight excluding hydrogens is 1430 g/mol. The van der Waals surface area contributed by atoms with Crippen LogP contribution < -0.4 is 56.1 Å². The molecule has 3 aromatic carbocycles. The van der Waals surface area contributed by atoms with Gasteiger partial charge in [-0.3, -0.25) is 14.7 Å². The highest BCUT2D eigenvalue weighted by atomic mass is 16.7. The highest BCUT2D eigenvalue weighted by molar-refractivity contribution is 5.78. The summed E-state index contributed by atoms with van der Waals surface area (Å²) in [5.41, 5.74) is 32.3. The Morgan fingerprint density at radius 1 is 0.447 bits per heavy atom. The van der Waals surface area contributed by atoms with Crippen LogP contribution in [0.1, 0.15) is 74.9 Å². The van der Waals surface area contributed by atoms with Crippen LogP contribution in [0.25, 0.3) is 33.8 Å². The highest BCUT2D eigenvalue weighted by Crippen LogP contribution is 2.48. The topological polar surface area (TPSA) is 280 Å². The first-order valence-corrected chi connectivity index (χ1v) is 40.6. The van der Waals surface area contributed by atoms with Crippen LogP contribution in [0.4, 0.5) is 51.6 Å². The number of nitrogens with zero attached hydrogens (tertiary/aromatic N) is 18. The van der Waals surface area contributed by atoms with Crippen LogP contribution in [-0.4, -0.2) is 231 Å². The normalized spacial score (nSPS) is 26.1. The molecule has 26 nitrogen and oxygen atoms in total. The maximum Gasteiger partial charge on any atom is 0.201 e. The molecule has 11 atom stereocenters. The SMILES string of the molecule is Nc1nnc(-c2ccccc2O)cc1N1CC2CCC(C1)N2c1ccnc(C#CCN2CCOC(Oc3ccccc3-c3cc(N4CC5CCC(C4)N5c4ccnc(C#CCN5CC(Oc6ccccc6-c6cc(N7CC8CCC(C7)N8c7ccnc(C#CCN8CC9CC9C8)c7)c(N)nn6)C56CCOC6)c4)c(N)nn3)CC2)c1. The second kappa shape index (κ2) is 30.4. The van der Waals surface area contributed by atoms with E-state index in [4.69, 9.17) is 46.2 Å². The first kappa shape index (κ1) is 71.5. The third-order valence-corrected chi connectivity index (χ3v) is 25.6. The van der Waals surface area contributed by atoms with Crippen LogP contribution in [0.5, 0.6) is 17.2 Å². The smallest absolute Gasteiger partial charge is 0.201 e. The van der Waals surface area contributed by atoms with E-state index < -0.39 is 6.29 Å². The molecule has 6 bridgehead atoms. The van der Waals surface area contributed by atoms with Crippen LogP contribution in [0.15, 0.2) is 146 Å². The van der Waals surface area contributed by atoms with Crippen molar-refractivity contribution in [2.45, 2.75) is 112 Å². The summed E-state index contributed by atoms with van der Waals surface area (Å²) in [4.78, 5) is 36.1. The van der Waals surface area contributed by atoms with Crippen molar-refractivity contribution in [3.8, 4) is 86.5 Å². The number of aromatic hydroxyl groups is 1. The van der Waals surface area contributed by atoms with Gasteiger partial charge in [-0.2, -0.15) is 0 Å². The van der Waals surface area contributed by atoms with Crippen LogP contribution in [-0.2, 0) is 9.47 Å². The number of para-hydroxylation sites is 3. The van der Waals surface area contributed by atoms with Crippen molar-refractivity contribution in [3.05, 3.63) is 163 Å². The number of hydrogen-bond donors (Lipinski definition) is 4. The molecule has 20 rings (SSSR count). The quantitative estimate of drug-likeness (QED) is 0.0661. The summed E-state index contributed by atoms with van der Waals surface area (Å²) in [6.07, 6.45) is 14.4. The molecule has 26 heteroatoms. The summed E-state index contributed by atoms with van der Waals surface area (Å²) in [6.45, 7) is 12.9. The number of aromatic nitrogens is 9. The number of piperidine rings is 1. The van der Waals surface area contributed by atoms with Crippen molar-refractivity contribution < 1.29 is 24.1 Å². The molecule has 0 radical (unpaired) electrons. The molecule has 10 saturated heterocycles. The Morgan fingerprint density at radius 2 is 0.886 bits per heavy atom. The number of pyridine rings is 3. The van der Waals surface area contributed by atoms with E-state index in [1.54, 1.807) is 12.1 Å². The fourth-order valence-electron chi connectivity index (χ4n) is 19.9. The summed E-state index contributed by atoms with van der Waals surface area (Å²) in [5, 5.41) is 37.7. The van der Waals surface area contributed by atoms with E-state index >= 15 is 0 Å². The molecular formula is C88H93N21O5. The van der Waals surface area contributed by atoms with Crippen molar-refractivity contribution >= 4 is 51.6 Å². The number of hydrogen-bond acceptors (Lipinski definition) is 26. The van der Waals surface area contributed by atoms with Crippen molar-refractivity contribution in [3.63, 3.8) is 0 Å². The highest BCUT2D eigenvalue weighted by Gasteiger charge is 2.57. The largest absolute Gasteiger partial charge is 0.507 e. The van der Waals surface area contributed by atoms with Crippen LogP contribution in [0.2, 0.25) is 0 Å². The van der Waals surface area contributed by atoms with Gasteiger partial charge in [-0.05, 0) is 172 Å². The Labute approximate surface area is 664 Å². The molecule has 16 heterocycles. The number of ether oxygens (including phenoxy) is 4. The Balaban J connectivity index is 0.439. The lowest BCUT2D eigenvalue weighted by atomic mass is 9.80. The molecule has 580 valence electrons. The third-order valence-electron chi connectivity index (χ3n) is 25.6. The average Bonchev–Trinajstić information content (AvgIpc) is 1.31. The van der Waals surface area contributed by atoms with Crippen LogP contribution in [0.3, 0.4) is 0 Å². The molecule has 11 fully saturated rings. The summed E-state index contributed by atoms with van der Waals surface area (Å²) in [5.74, 6) is 25.1. The molecule has 7 N–H and O–H groups in total. The van der Waals surface area contributed by atoms with E-state index in [0.717, 1.165) is 177 Å². The molecule has 1 aliphatic carbocycles. The van der Waals surface area contributed by atoms with E-state index in [0.29, 0.717) is 105 Å². The van der Waals surface area contributed by atoms with Gasteiger partial charge in [0.25, 0.3) is 0 Å². The number of nitrogen functional groups attached to an aromatic ring is 3. The van der Waals surface area contributed by atoms with Gasteiger partial charge in [0.1, 0.15) is 40.4 Å². The maximum absolute atomic E-state index is 10.6. The number of rotatable bonds is 16. The van der Waals surface area contributed by atoms with Gasteiger partial charge in [0.05, 0.1) is 72.5 Å². The van der Waals surface area contributed by atoms with Gasteiger partial charge in [-0.1, -0.05) is 54.2 Å². The Morgan fingerprint density at radius 3 is 1.36 bits per heavy atom. The number of fused-ring (bicyclic) bond motifs is 7. The van der Waals surface area contributed by atoms with Crippen molar-refractivity contribution in [1.82, 2.24) is 60.2 Å². The van der Waals surface area contributed by atoms with Gasteiger partial charge in [-0.25, -0.2) is 15.0 Å². The average molecular weight is 1520 g/mol. The molecule has 11 aliphatic rings. The minimum absolute atomic E-state index is 0.117. The number of phenolic OH excluding ortho intramolecular Hbond substituents is 1. The van der Waals surface area contributed by atoms with E-state index in [1.165, 1.54) is 25.2 Å². The zero-order chi connectivity index (χ0) is 76.4. The number of benzene rings is 3. The second-order valence-electron chi connectivity index (χ2n) is 32.5. The van der Waals surface area contributed by atoms with Crippen molar-refractivity contribution in [2.24, 2.45) is 11.8 Å². The number of phenols is 1. The molecule has 9 aromatic rings. The molecule has 6 aromatic heterocycles. The minimum Gasteiger partial charge on any atom is -0.507 e. The first-order chi connectivity index (χ1) is 56.0. The van der Waals surface area contributed by atoms with Gasteiger partial charge in [0.15, 0.2) is 17.5 Å². The standard InChI is InChI=1S/C88H93N21O5/c89-85-77(44-74(95-98-85)71-13-1-4-16-80(71)110)103-49-65-19-20-66(50-103)107(65)62-25-30-92-59(41-62)10-7-33-101-36-28-84(112-39-37-101)114-82-18-6-3-15-73(82)76-46-79(87(91)100-97-76)105-53-69-23-24-70(54-105)109(69)64-27-32-94-61(43-64)12-9-35-106-55-83(88(106)29-38-111-56-88)113-81-17-5-2-14-72(81)75-45-78(86(90)99-96-75)104-51-67-21-22-68(52-104)108(67)63-26-31-93-60(42-63)11-8-34-102-47-57-40-58(57)48-102/h1-6,13-18,25-27,30-32,41-46,57-58,65-70,83-84,110H,19-24,28-29,33-40,47-56H2,(H2,89,98)(H2,90,99)(H2,91,100). The zero-order valence-corrected chi connectivity index (χ0v) is 63.9. The second-order valence-corrected chi connectivity index (χ2v) is 32.5. The lowest BCUT2D eigenvalue weighted by Crippen LogP contribution is -2.73. The summed E-state index contributed by atoms with van der Waals surface area (Å²) in [6, 6.07) is 43.8. The maximum atomic E-state index is 10.6. The summed E-state index contributed by atoms with van der Waals surface area (Å²) in [7, 11) is 0. The van der Waals surface area contributed by atoms with Gasteiger partial charge >= 0.3 is 0 Å². The summed E-state index contributed by atoms with van der Waals surface area (Å²) >= 11 is 0. The third kappa shape index (κ3) is 14.1. The van der Waals surface area contributed by atoms with Crippen molar-refractivity contribution in [2.75, 3.05) is 158 Å². The number of piperazine rings is 3. The van der Waals surface area contributed by atoms with Crippen molar-refractivity contribution in [1.29, 1.82) is 0 Å². The zero-order valence-electron chi connectivity index (χ0n) is 63.9. The first-order valence-electron chi connectivity index (χ1n) is 40.6. The van der Waals surface area contributed by atoms with Crippen LogP contribution >= 0.6 is 0 Å². The monoisotopic (exact) mass is 1520 g/mol. The molecule has 11 unspecified atom stereocenters. The minimum atomic E-state index is -0.477. The molecule has 0 amide bonds. The predicted octanol–water partition coefficient (Wildman–Crippen LogP) is 8.32. The van der Waals surface area contributed by atoms with E-state index in [1.807, 2.05) is 79.3 Å². The molecule has 10 aliphatic heterocycles. The van der Waals surface area contributed by atoms with Gasteiger partial charge in [0.2, 0.25) is 6.29 Å². The molecule has 114 heavy (non-hydrogen) atoms. The predicted molar refractivity (Wildman–Crippen MR) is 439 cm³/mol. The fourth-order valence-corrected chi connectivity index (χ4v) is 19.9. The summed E-state index contributed by atoms with van der Waals surface area (Å²) < 4.78 is 26.3. The van der Waals surface area contributed by atoms with E-state index in [-0.39, 0.29) is 41.6 Å².